The second kappa shape index (κ2) is 10.6. The largest absolute Gasteiger partial charge is 0.352 e. The van der Waals surface area contributed by atoms with E-state index < -0.39 is 0 Å². The fourth-order valence-electron chi connectivity index (χ4n) is 4.49. The number of nitrogens with one attached hydrogen (secondary N) is 2. The number of aliphatic imine (C=N–C) groups is 1. The van der Waals surface area contributed by atoms with Gasteiger partial charge in [0.25, 0.3) is 0 Å². The second-order valence-electron chi connectivity index (χ2n) is 8.42. The Hall–Kier alpha value is -2.67. The molecule has 0 saturated carbocycles. The molecule has 7 heteroatoms. The van der Waals surface area contributed by atoms with Crippen molar-refractivity contribution in [2.24, 2.45) is 4.99 Å². The Morgan fingerprint density at radius 1 is 1.10 bits per heavy atom. The molecule has 0 bridgehead atoms. The van der Waals surface area contributed by atoms with E-state index >= 15 is 0 Å². The minimum Gasteiger partial charge on any atom is -0.352 e. The van der Waals surface area contributed by atoms with Gasteiger partial charge in [0, 0.05) is 45.5 Å². The highest BCUT2D eigenvalue weighted by molar-refractivity contribution is 5.80. The van der Waals surface area contributed by atoms with Gasteiger partial charge >= 0.3 is 0 Å². The summed E-state index contributed by atoms with van der Waals surface area (Å²) in [5.41, 5.74) is 2.68. The van der Waals surface area contributed by atoms with Crippen molar-refractivity contribution in [3.05, 3.63) is 59.5 Å². The highest BCUT2D eigenvalue weighted by Gasteiger charge is 2.26. The van der Waals surface area contributed by atoms with Gasteiger partial charge in [-0.15, -0.1) is 0 Å². The average molecular weight is 425 g/mol. The topological polar surface area (TPSA) is 55.8 Å². The number of halogens is 1. The number of aromatic nitrogens is 1. The van der Waals surface area contributed by atoms with Crippen LogP contribution in [0.3, 0.4) is 0 Å². The zero-order valence-corrected chi connectivity index (χ0v) is 18.4. The molecular formula is C24H33FN6. The molecule has 1 aromatic carbocycles. The maximum absolute atomic E-state index is 14.0. The minimum absolute atomic E-state index is 0.205. The van der Waals surface area contributed by atoms with Gasteiger partial charge in [0.1, 0.15) is 0 Å². The molecule has 1 aromatic heterocycles. The molecule has 31 heavy (non-hydrogen) atoms. The lowest BCUT2D eigenvalue weighted by Gasteiger charge is -2.27. The zero-order chi connectivity index (χ0) is 21.5. The van der Waals surface area contributed by atoms with Crippen LogP contribution in [0, 0.1) is 5.82 Å². The monoisotopic (exact) mass is 424 g/mol. The van der Waals surface area contributed by atoms with E-state index in [1.54, 1.807) is 19.3 Å². The molecule has 0 amide bonds. The molecule has 0 spiro atoms. The minimum atomic E-state index is -0.268. The molecule has 2 fully saturated rings. The van der Waals surface area contributed by atoms with Crippen LogP contribution in [0.5, 0.6) is 0 Å². The molecule has 2 N–H and O–H groups in total. The number of benzene rings is 1. The molecule has 1 unspecified atom stereocenters. The Morgan fingerprint density at radius 3 is 2.68 bits per heavy atom. The normalized spacial score (nSPS) is 20.1. The number of piperidine rings is 1. The quantitative estimate of drug-likeness (QED) is 0.551. The number of guanidine groups is 1. The highest BCUT2D eigenvalue weighted by Crippen LogP contribution is 2.21. The van der Waals surface area contributed by atoms with Gasteiger partial charge in [-0.3, -0.25) is 9.89 Å². The van der Waals surface area contributed by atoms with E-state index in [9.17, 15) is 4.39 Å². The fourth-order valence-corrected chi connectivity index (χ4v) is 4.49. The summed E-state index contributed by atoms with van der Waals surface area (Å²) in [7, 11) is 1.79. The first kappa shape index (κ1) is 21.6. The SMILES string of the molecule is CN=C(NCc1ccccc1CN1CCCCC1)NC1CCN(c2ncccc2F)C1. The molecule has 166 valence electrons. The number of likely N-dealkylation sites (tertiary alicyclic amines) is 1. The van der Waals surface area contributed by atoms with E-state index in [0.29, 0.717) is 12.4 Å². The van der Waals surface area contributed by atoms with E-state index in [1.165, 1.54) is 49.5 Å². The first-order valence-electron chi connectivity index (χ1n) is 11.3. The lowest BCUT2D eigenvalue weighted by molar-refractivity contribution is 0.220. The third-order valence-electron chi connectivity index (χ3n) is 6.20. The molecule has 0 radical (unpaired) electrons. The molecule has 3 heterocycles. The first-order valence-corrected chi connectivity index (χ1v) is 11.3. The second-order valence-corrected chi connectivity index (χ2v) is 8.42. The first-order chi connectivity index (χ1) is 15.2. The molecule has 2 saturated heterocycles. The zero-order valence-electron chi connectivity index (χ0n) is 18.4. The molecule has 6 nitrogen and oxygen atoms in total. The van der Waals surface area contributed by atoms with Crippen LogP contribution in [-0.4, -0.2) is 55.1 Å². The van der Waals surface area contributed by atoms with Crippen molar-refractivity contribution in [1.82, 2.24) is 20.5 Å². The third-order valence-corrected chi connectivity index (χ3v) is 6.20. The van der Waals surface area contributed by atoms with Crippen LogP contribution in [0.1, 0.15) is 36.8 Å². The van der Waals surface area contributed by atoms with E-state index in [0.717, 1.165) is 32.0 Å². The van der Waals surface area contributed by atoms with Gasteiger partial charge in [-0.05, 0) is 55.6 Å². The van der Waals surface area contributed by atoms with E-state index in [4.69, 9.17) is 0 Å². The van der Waals surface area contributed by atoms with Gasteiger partial charge in [0.15, 0.2) is 17.6 Å². The van der Waals surface area contributed by atoms with Gasteiger partial charge in [-0.25, -0.2) is 9.37 Å². The summed E-state index contributed by atoms with van der Waals surface area (Å²) in [6.45, 7) is 5.62. The van der Waals surface area contributed by atoms with Crippen molar-refractivity contribution < 1.29 is 4.39 Å². The van der Waals surface area contributed by atoms with Crippen molar-refractivity contribution in [3.63, 3.8) is 0 Å². The van der Waals surface area contributed by atoms with Gasteiger partial charge in [0.05, 0.1) is 0 Å². The molecule has 2 aromatic rings. The molecule has 1 atom stereocenters. The van der Waals surface area contributed by atoms with Crippen LogP contribution in [0.25, 0.3) is 0 Å². The number of hydrogen-bond acceptors (Lipinski definition) is 4. The summed E-state index contributed by atoms with van der Waals surface area (Å²) in [5.74, 6) is 0.943. The summed E-state index contributed by atoms with van der Waals surface area (Å²) in [6, 6.07) is 11.9. The predicted octanol–water partition coefficient (Wildman–Crippen LogP) is 3.15. The Bertz CT molecular complexity index is 880. The van der Waals surface area contributed by atoms with Gasteiger partial charge in [0.2, 0.25) is 0 Å². The van der Waals surface area contributed by atoms with Gasteiger partial charge in [-0.2, -0.15) is 0 Å². The molecular weight excluding hydrogens is 391 g/mol. The predicted molar refractivity (Wildman–Crippen MR) is 124 cm³/mol. The smallest absolute Gasteiger partial charge is 0.191 e. The lowest BCUT2D eigenvalue weighted by atomic mass is 10.0. The molecule has 4 rings (SSSR count). The van der Waals surface area contributed by atoms with Crippen molar-refractivity contribution in [2.75, 3.05) is 38.1 Å². The molecule has 2 aliphatic rings. The maximum Gasteiger partial charge on any atom is 0.191 e. The Balaban J connectivity index is 1.31. The summed E-state index contributed by atoms with van der Waals surface area (Å²) in [4.78, 5) is 13.2. The number of rotatable bonds is 6. The van der Waals surface area contributed by atoms with Crippen LogP contribution in [0.4, 0.5) is 10.2 Å². The average Bonchev–Trinajstić information content (AvgIpc) is 3.27. The Labute approximate surface area is 184 Å². The number of pyridine rings is 1. The van der Waals surface area contributed by atoms with Crippen LogP contribution >= 0.6 is 0 Å². The lowest BCUT2D eigenvalue weighted by Crippen LogP contribution is -2.44. The van der Waals surface area contributed by atoms with Crippen LogP contribution in [0.2, 0.25) is 0 Å². The summed E-state index contributed by atoms with van der Waals surface area (Å²) in [6.07, 6.45) is 6.52. The van der Waals surface area contributed by atoms with E-state index in [-0.39, 0.29) is 11.9 Å². The number of anilines is 1. The van der Waals surface area contributed by atoms with Crippen molar-refractivity contribution >= 4 is 11.8 Å². The standard InChI is InChI=1S/C24H33FN6/c1-26-24(29-21-11-15-31(18-21)23-22(25)10-7-12-27-23)28-16-19-8-3-4-9-20(19)17-30-13-5-2-6-14-30/h3-4,7-10,12,21H,2,5-6,11,13-18H2,1H3,(H2,26,28,29). The van der Waals surface area contributed by atoms with Crippen molar-refractivity contribution in [3.8, 4) is 0 Å². The van der Waals surface area contributed by atoms with E-state index in [2.05, 4.69) is 49.8 Å². The highest BCUT2D eigenvalue weighted by atomic mass is 19.1. The van der Waals surface area contributed by atoms with Crippen LogP contribution in [-0.2, 0) is 13.1 Å². The van der Waals surface area contributed by atoms with Crippen LogP contribution in [0.15, 0.2) is 47.6 Å². The van der Waals surface area contributed by atoms with Crippen molar-refractivity contribution in [1.29, 1.82) is 0 Å². The third kappa shape index (κ3) is 5.73. The summed E-state index contributed by atoms with van der Waals surface area (Å²) < 4.78 is 14.0. The Kier molecular flexibility index (Phi) is 7.35. The molecule has 0 aliphatic carbocycles. The van der Waals surface area contributed by atoms with Gasteiger partial charge in [-0.1, -0.05) is 30.7 Å². The number of nitrogens with zero attached hydrogens (tertiary/aromatic N) is 4. The van der Waals surface area contributed by atoms with E-state index in [1.807, 2.05) is 4.90 Å². The number of hydrogen-bond donors (Lipinski definition) is 2. The Morgan fingerprint density at radius 2 is 1.90 bits per heavy atom. The van der Waals surface area contributed by atoms with Gasteiger partial charge < -0.3 is 15.5 Å². The molecule has 2 aliphatic heterocycles. The van der Waals surface area contributed by atoms with Crippen LogP contribution < -0.4 is 15.5 Å². The maximum atomic E-state index is 14.0. The van der Waals surface area contributed by atoms with Crippen molar-refractivity contribution in [2.45, 2.75) is 44.8 Å². The fraction of sp³-hybridized carbons (Fsp3) is 0.500. The summed E-state index contributed by atoms with van der Waals surface area (Å²) >= 11 is 0. The summed E-state index contributed by atoms with van der Waals surface area (Å²) in [5, 5.41) is 6.96.